The van der Waals surface area contributed by atoms with Gasteiger partial charge >= 0.3 is 5.97 Å². The van der Waals surface area contributed by atoms with E-state index in [4.69, 9.17) is 5.11 Å². The first kappa shape index (κ1) is 13.2. The Labute approximate surface area is 85.4 Å². The quantitative estimate of drug-likeness (QED) is 0.673. The van der Waals surface area contributed by atoms with Crippen LogP contribution in [-0.2, 0) is 4.79 Å². The number of rotatable bonds is 2. The maximum atomic E-state index is 9.68. The van der Waals surface area contributed by atoms with E-state index in [-0.39, 0.29) is 5.60 Å². The molecule has 0 amide bonds. The summed E-state index contributed by atoms with van der Waals surface area (Å²) in [5, 5.41) is 17.3. The van der Waals surface area contributed by atoms with Gasteiger partial charge in [0.05, 0.1) is 5.60 Å². The summed E-state index contributed by atoms with van der Waals surface area (Å²) in [5.74, 6) is -0.981. The first-order valence-corrected chi connectivity index (χ1v) is 5.12. The minimum Gasteiger partial charge on any atom is -0.478 e. The van der Waals surface area contributed by atoms with Gasteiger partial charge in [0.25, 0.3) is 0 Å². The first-order valence-electron chi connectivity index (χ1n) is 5.12. The molecule has 0 radical (unpaired) electrons. The summed E-state index contributed by atoms with van der Waals surface area (Å²) in [5.41, 5.74) is -0.280. The first-order chi connectivity index (χ1) is 6.54. The Morgan fingerprint density at radius 2 is 1.86 bits per heavy atom. The van der Waals surface area contributed by atoms with Gasteiger partial charge in [-0.1, -0.05) is 32.8 Å². The summed E-state index contributed by atoms with van der Waals surface area (Å²) < 4.78 is 0. The summed E-state index contributed by atoms with van der Waals surface area (Å²) in [7, 11) is 0. The van der Waals surface area contributed by atoms with E-state index in [1.165, 1.54) is 19.3 Å². The molecule has 0 unspecified atom stereocenters. The van der Waals surface area contributed by atoms with E-state index < -0.39 is 5.97 Å². The Morgan fingerprint density at radius 1 is 1.43 bits per heavy atom. The zero-order chi connectivity index (χ0) is 11.0. The molecule has 0 saturated heterocycles. The van der Waals surface area contributed by atoms with Crippen LogP contribution in [0.15, 0.2) is 12.7 Å². The number of aliphatic hydroxyl groups is 1. The third kappa shape index (κ3) is 5.75. The van der Waals surface area contributed by atoms with Crippen LogP contribution in [0, 0.1) is 0 Å². The number of carboxylic acid groups (broad SMARTS) is 1. The summed E-state index contributed by atoms with van der Waals surface area (Å²) in [6.07, 6.45) is 7.61. The lowest BCUT2D eigenvalue weighted by atomic mass is 9.83. The second-order valence-electron chi connectivity index (χ2n) is 3.68. The molecule has 1 saturated carbocycles. The average Bonchev–Trinajstić information content (AvgIpc) is 2.20. The largest absolute Gasteiger partial charge is 0.478 e. The second-order valence-corrected chi connectivity index (χ2v) is 3.68. The van der Waals surface area contributed by atoms with Crippen molar-refractivity contribution in [2.45, 2.75) is 51.0 Å². The van der Waals surface area contributed by atoms with Gasteiger partial charge in [0, 0.05) is 6.08 Å². The van der Waals surface area contributed by atoms with Crippen molar-refractivity contribution in [3.8, 4) is 0 Å². The molecule has 1 aliphatic carbocycles. The molecule has 82 valence electrons. The van der Waals surface area contributed by atoms with Gasteiger partial charge in [0.2, 0.25) is 0 Å². The summed E-state index contributed by atoms with van der Waals surface area (Å²) in [6, 6.07) is 0. The molecule has 1 fully saturated rings. The van der Waals surface area contributed by atoms with Gasteiger partial charge in [-0.25, -0.2) is 4.79 Å². The zero-order valence-electron chi connectivity index (χ0n) is 8.83. The van der Waals surface area contributed by atoms with Crippen LogP contribution in [0.4, 0.5) is 0 Å². The van der Waals surface area contributed by atoms with Crippen LogP contribution in [0.25, 0.3) is 0 Å². The molecule has 0 aromatic rings. The number of hydrogen-bond donors (Lipinski definition) is 2. The van der Waals surface area contributed by atoms with Gasteiger partial charge in [-0.2, -0.15) is 0 Å². The predicted octanol–water partition coefficient (Wildman–Crippen LogP) is 2.35. The molecular weight excluding hydrogens is 180 g/mol. The van der Waals surface area contributed by atoms with Gasteiger partial charge < -0.3 is 10.2 Å². The van der Waals surface area contributed by atoms with E-state index in [2.05, 4.69) is 13.5 Å². The lowest BCUT2D eigenvalue weighted by Crippen LogP contribution is -2.29. The molecule has 1 aliphatic rings. The number of carbonyl (C=O) groups is 1. The van der Waals surface area contributed by atoms with Crippen LogP contribution in [0.1, 0.15) is 45.4 Å². The molecule has 0 spiro atoms. The molecular formula is C11H20O3. The number of hydrogen-bond acceptors (Lipinski definition) is 2. The Kier molecular flexibility index (Phi) is 6.21. The van der Waals surface area contributed by atoms with Gasteiger partial charge in [-0.05, 0) is 19.3 Å². The Balaban J connectivity index is 0.000000292. The van der Waals surface area contributed by atoms with Crippen molar-refractivity contribution in [2.24, 2.45) is 0 Å². The van der Waals surface area contributed by atoms with E-state index in [0.29, 0.717) is 0 Å². The van der Waals surface area contributed by atoms with Crippen molar-refractivity contribution in [1.82, 2.24) is 0 Å². The summed E-state index contributed by atoms with van der Waals surface area (Å²) >= 11 is 0. The second kappa shape index (κ2) is 6.60. The normalized spacial score (nSPS) is 19.0. The lowest BCUT2D eigenvalue weighted by molar-refractivity contribution is -0.131. The highest BCUT2D eigenvalue weighted by Gasteiger charge is 2.26. The highest BCUT2D eigenvalue weighted by molar-refractivity contribution is 5.78. The highest BCUT2D eigenvalue weighted by atomic mass is 16.4. The van der Waals surface area contributed by atoms with E-state index in [9.17, 15) is 9.90 Å². The molecule has 2 N–H and O–H groups in total. The number of aliphatic carboxylic acids is 1. The molecule has 3 heteroatoms. The van der Waals surface area contributed by atoms with Crippen molar-refractivity contribution < 1.29 is 15.0 Å². The fourth-order valence-corrected chi connectivity index (χ4v) is 1.56. The van der Waals surface area contributed by atoms with Gasteiger partial charge in [0.15, 0.2) is 0 Å². The number of carboxylic acids is 1. The van der Waals surface area contributed by atoms with Crippen molar-refractivity contribution >= 4 is 5.97 Å². The molecule has 0 aromatic heterocycles. The fourth-order valence-electron chi connectivity index (χ4n) is 1.56. The minimum absolute atomic E-state index is 0.280. The summed E-state index contributed by atoms with van der Waals surface area (Å²) in [4.78, 5) is 9.25. The van der Waals surface area contributed by atoms with Crippen LogP contribution in [0.5, 0.6) is 0 Å². The third-order valence-corrected chi connectivity index (χ3v) is 2.62. The van der Waals surface area contributed by atoms with E-state index >= 15 is 0 Å². The topological polar surface area (TPSA) is 57.5 Å². The Morgan fingerprint density at radius 3 is 2.07 bits per heavy atom. The maximum absolute atomic E-state index is 9.68. The van der Waals surface area contributed by atoms with Crippen LogP contribution in [0.3, 0.4) is 0 Å². The van der Waals surface area contributed by atoms with Crippen LogP contribution >= 0.6 is 0 Å². The third-order valence-electron chi connectivity index (χ3n) is 2.62. The van der Waals surface area contributed by atoms with Gasteiger partial charge in [-0.15, -0.1) is 0 Å². The molecule has 14 heavy (non-hydrogen) atoms. The van der Waals surface area contributed by atoms with E-state index in [1.807, 2.05) is 0 Å². The zero-order valence-corrected chi connectivity index (χ0v) is 8.83. The molecule has 0 bridgehead atoms. The lowest BCUT2D eigenvalue weighted by Gasteiger charge is -2.30. The Hall–Kier alpha value is -0.830. The molecule has 3 nitrogen and oxygen atoms in total. The van der Waals surface area contributed by atoms with E-state index in [1.54, 1.807) is 0 Å². The van der Waals surface area contributed by atoms with Gasteiger partial charge in [0.1, 0.15) is 0 Å². The minimum atomic E-state index is -0.981. The highest BCUT2D eigenvalue weighted by Crippen LogP contribution is 2.30. The van der Waals surface area contributed by atoms with Crippen molar-refractivity contribution in [1.29, 1.82) is 0 Å². The fraction of sp³-hybridized carbons (Fsp3) is 0.727. The SMILES string of the molecule is C=CC(=O)O.CCC1(O)CCCCC1. The van der Waals surface area contributed by atoms with Crippen molar-refractivity contribution in [2.75, 3.05) is 0 Å². The van der Waals surface area contributed by atoms with E-state index in [0.717, 1.165) is 25.3 Å². The molecule has 0 aliphatic heterocycles. The van der Waals surface area contributed by atoms with Crippen LogP contribution < -0.4 is 0 Å². The van der Waals surface area contributed by atoms with Gasteiger partial charge in [-0.3, -0.25) is 0 Å². The molecule has 0 aromatic carbocycles. The Bertz CT molecular complexity index is 181. The molecule has 1 rings (SSSR count). The van der Waals surface area contributed by atoms with Crippen LogP contribution in [-0.4, -0.2) is 21.8 Å². The molecule has 0 heterocycles. The predicted molar refractivity (Wildman–Crippen MR) is 56.2 cm³/mol. The molecule has 0 atom stereocenters. The standard InChI is InChI=1S/C8H16O.C3H4O2/c1-2-8(9)6-4-3-5-7-8;1-2-3(4)5/h9H,2-7H2,1H3;2H,1H2,(H,4,5). The summed E-state index contributed by atoms with van der Waals surface area (Å²) in [6.45, 7) is 5.04. The van der Waals surface area contributed by atoms with Crippen LogP contribution in [0.2, 0.25) is 0 Å². The smallest absolute Gasteiger partial charge is 0.327 e. The van der Waals surface area contributed by atoms with Crippen molar-refractivity contribution in [3.05, 3.63) is 12.7 Å². The van der Waals surface area contributed by atoms with Crippen molar-refractivity contribution in [3.63, 3.8) is 0 Å². The average molecular weight is 200 g/mol. The monoisotopic (exact) mass is 200 g/mol. The maximum Gasteiger partial charge on any atom is 0.327 e.